The van der Waals surface area contributed by atoms with Crippen LogP contribution in [0.25, 0.3) is 0 Å². The van der Waals surface area contributed by atoms with Crippen molar-refractivity contribution in [2.45, 2.75) is 65.3 Å². The van der Waals surface area contributed by atoms with Crippen molar-refractivity contribution < 1.29 is 9.84 Å². The van der Waals surface area contributed by atoms with E-state index in [2.05, 4.69) is 32.9 Å². The smallest absolute Gasteiger partial charge is 0.0948 e. The molecule has 1 aromatic rings. The predicted molar refractivity (Wildman–Crippen MR) is 73.8 cm³/mol. The molecule has 1 N–H and O–H groups in total. The van der Waals surface area contributed by atoms with Crippen molar-refractivity contribution >= 4 is 0 Å². The summed E-state index contributed by atoms with van der Waals surface area (Å²) in [6, 6.07) is 4.32. The lowest BCUT2D eigenvalue weighted by molar-refractivity contribution is -0.136. The van der Waals surface area contributed by atoms with Crippen LogP contribution in [0.2, 0.25) is 0 Å². The number of aliphatic hydroxyl groups is 1. The first kappa shape index (κ1) is 13.6. The fourth-order valence-electron chi connectivity index (χ4n) is 3.21. The maximum atomic E-state index is 11.0. The molecule has 100 valence electrons. The number of ether oxygens (including phenoxy) is 1. The molecule has 2 atom stereocenters. The zero-order valence-electron chi connectivity index (χ0n) is 12.1. The molecular weight excluding hydrogens is 224 g/mol. The van der Waals surface area contributed by atoms with Crippen molar-refractivity contribution in [2.24, 2.45) is 0 Å². The van der Waals surface area contributed by atoms with E-state index < -0.39 is 5.60 Å². The topological polar surface area (TPSA) is 29.5 Å². The van der Waals surface area contributed by atoms with Gasteiger partial charge in [0.15, 0.2) is 0 Å². The van der Waals surface area contributed by atoms with Gasteiger partial charge in [-0.15, -0.1) is 0 Å². The Morgan fingerprint density at radius 1 is 1.00 bits per heavy atom. The highest BCUT2D eigenvalue weighted by Crippen LogP contribution is 2.39. The van der Waals surface area contributed by atoms with E-state index in [0.717, 1.165) is 5.56 Å². The largest absolute Gasteiger partial charge is 0.385 e. The van der Waals surface area contributed by atoms with E-state index in [1.54, 1.807) is 0 Å². The Morgan fingerprint density at radius 3 is 2.06 bits per heavy atom. The molecule has 0 bridgehead atoms. The van der Waals surface area contributed by atoms with E-state index in [1.807, 2.05) is 13.8 Å². The first-order valence-corrected chi connectivity index (χ1v) is 6.78. The van der Waals surface area contributed by atoms with Gasteiger partial charge in [0.1, 0.15) is 0 Å². The van der Waals surface area contributed by atoms with Crippen molar-refractivity contribution in [1.29, 1.82) is 0 Å². The van der Waals surface area contributed by atoms with Crippen LogP contribution in [0.5, 0.6) is 0 Å². The van der Waals surface area contributed by atoms with Crippen molar-refractivity contribution in [1.82, 2.24) is 0 Å². The molecule has 0 aliphatic carbocycles. The Bertz CT molecular complexity index is 441. The van der Waals surface area contributed by atoms with Crippen LogP contribution in [0, 0.1) is 20.8 Å². The highest BCUT2D eigenvalue weighted by atomic mass is 16.5. The van der Waals surface area contributed by atoms with E-state index in [0.29, 0.717) is 12.8 Å². The quantitative estimate of drug-likeness (QED) is 0.825. The molecule has 1 fully saturated rings. The lowest BCUT2D eigenvalue weighted by Gasteiger charge is -2.40. The van der Waals surface area contributed by atoms with Crippen molar-refractivity contribution in [3.05, 3.63) is 34.4 Å². The van der Waals surface area contributed by atoms with Gasteiger partial charge >= 0.3 is 0 Å². The zero-order valence-corrected chi connectivity index (χ0v) is 12.1. The average Bonchev–Trinajstić information content (AvgIpc) is 2.21. The normalized spacial score (nSPS) is 32.6. The SMILES string of the molecule is Cc1cc(C)c(C2(O)CC(C)OC(C)C2)cc1C. The summed E-state index contributed by atoms with van der Waals surface area (Å²) >= 11 is 0. The fourth-order valence-corrected chi connectivity index (χ4v) is 3.21. The van der Waals surface area contributed by atoms with Crippen LogP contribution >= 0.6 is 0 Å². The van der Waals surface area contributed by atoms with Gasteiger partial charge in [-0.3, -0.25) is 0 Å². The van der Waals surface area contributed by atoms with Gasteiger partial charge in [0.25, 0.3) is 0 Å². The molecule has 0 saturated carbocycles. The summed E-state index contributed by atoms with van der Waals surface area (Å²) in [7, 11) is 0. The molecule has 18 heavy (non-hydrogen) atoms. The lowest BCUT2D eigenvalue weighted by atomic mass is 9.79. The third kappa shape index (κ3) is 2.45. The van der Waals surface area contributed by atoms with Crippen LogP contribution in [0.15, 0.2) is 12.1 Å². The van der Waals surface area contributed by atoms with Gasteiger partial charge in [0.05, 0.1) is 17.8 Å². The van der Waals surface area contributed by atoms with Crippen LogP contribution < -0.4 is 0 Å². The molecule has 1 saturated heterocycles. The first-order chi connectivity index (χ1) is 8.32. The molecule has 2 unspecified atom stereocenters. The number of benzene rings is 1. The third-order valence-corrected chi connectivity index (χ3v) is 4.06. The summed E-state index contributed by atoms with van der Waals surface area (Å²) in [4.78, 5) is 0. The van der Waals surface area contributed by atoms with Crippen molar-refractivity contribution in [3.8, 4) is 0 Å². The number of aryl methyl sites for hydroxylation is 3. The van der Waals surface area contributed by atoms with Crippen LogP contribution in [-0.4, -0.2) is 17.3 Å². The monoisotopic (exact) mass is 248 g/mol. The van der Waals surface area contributed by atoms with Crippen LogP contribution in [-0.2, 0) is 10.3 Å². The van der Waals surface area contributed by atoms with Gasteiger partial charge in [-0.1, -0.05) is 12.1 Å². The number of hydrogen-bond acceptors (Lipinski definition) is 2. The summed E-state index contributed by atoms with van der Waals surface area (Å²) in [5, 5.41) is 11.0. The maximum absolute atomic E-state index is 11.0. The second-order valence-electron chi connectivity index (χ2n) is 5.95. The van der Waals surface area contributed by atoms with Crippen molar-refractivity contribution in [3.63, 3.8) is 0 Å². The Hall–Kier alpha value is -0.860. The minimum Gasteiger partial charge on any atom is -0.385 e. The molecule has 0 spiro atoms. The highest BCUT2D eigenvalue weighted by molar-refractivity contribution is 5.40. The second kappa shape index (κ2) is 4.67. The maximum Gasteiger partial charge on any atom is 0.0948 e. The van der Waals surface area contributed by atoms with Gasteiger partial charge in [-0.05, 0) is 56.9 Å². The molecule has 1 heterocycles. The Balaban J connectivity index is 2.43. The third-order valence-electron chi connectivity index (χ3n) is 4.06. The van der Waals surface area contributed by atoms with Gasteiger partial charge in [-0.25, -0.2) is 0 Å². The Kier molecular flexibility index (Phi) is 3.52. The van der Waals surface area contributed by atoms with E-state index in [-0.39, 0.29) is 12.2 Å². The molecule has 1 aromatic carbocycles. The molecule has 2 heteroatoms. The Labute approximate surface area is 110 Å². The molecule has 0 amide bonds. The summed E-state index contributed by atoms with van der Waals surface area (Å²) < 4.78 is 5.74. The molecule has 0 radical (unpaired) electrons. The Morgan fingerprint density at radius 2 is 1.50 bits per heavy atom. The number of hydrogen-bond donors (Lipinski definition) is 1. The average molecular weight is 248 g/mol. The van der Waals surface area contributed by atoms with Gasteiger partial charge in [-0.2, -0.15) is 0 Å². The second-order valence-corrected chi connectivity index (χ2v) is 5.95. The molecule has 2 rings (SSSR count). The van der Waals surface area contributed by atoms with Crippen LogP contribution in [0.3, 0.4) is 0 Å². The first-order valence-electron chi connectivity index (χ1n) is 6.78. The zero-order chi connectivity index (χ0) is 13.5. The summed E-state index contributed by atoms with van der Waals surface area (Å²) in [6.45, 7) is 10.4. The van der Waals surface area contributed by atoms with E-state index in [4.69, 9.17) is 4.74 Å². The van der Waals surface area contributed by atoms with E-state index >= 15 is 0 Å². The van der Waals surface area contributed by atoms with E-state index in [1.165, 1.54) is 16.7 Å². The van der Waals surface area contributed by atoms with Gasteiger partial charge in [0, 0.05) is 12.8 Å². The van der Waals surface area contributed by atoms with Crippen molar-refractivity contribution in [2.75, 3.05) is 0 Å². The molecule has 1 aliphatic rings. The fraction of sp³-hybridized carbons (Fsp3) is 0.625. The minimum absolute atomic E-state index is 0.111. The van der Waals surface area contributed by atoms with E-state index in [9.17, 15) is 5.11 Å². The lowest BCUT2D eigenvalue weighted by Crippen LogP contribution is -2.41. The highest BCUT2D eigenvalue weighted by Gasteiger charge is 2.39. The van der Waals surface area contributed by atoms with Gasteiger partial charge < -0.3 is 9.84 Å². The molecule has 2 nitrogen and oxygen atoms in total. The standard InChI is InChI=1S/C16H24O2/c1-10-6-12(3)15(7-11(10)2)16(17)8-13(4)18-14(5)9-16/h6-7,13-14,17H,8-9H2,1-5H3. The molecule has 1 aliphatic heterocycles. The minimum atomic E-state index is -0.736. The summed E-state index contributed by atoms with van der Waals surface area (Å²) in [5.41, 5.74) is 4.05. The molecular formula is C16H24O2. The summed E-state index contributed by atoms with van der Waals surface area (Å²) in [5.74, 6) is 0. The summed E-state index contributed by atoms with van der Waals surface area (Å²) in [6.07, 6.45) is 1.58. The van der Waals surface area contributed by atoms with Gasteiger partial charge in [0.2, 0.25) is 0 Å². The van der Waals surface area contributed by atoms with Crippen LogP contribution in [0.1, 0.15) is 48.9 Å². The number of rotatable bonds is 1. The molecule has 0 aromatic heterocycles. The predicted octanol–water partition coefficient (Wildman–Crippen LogP) is 3.39. The van der Waals surface area contributed by atoms with Crippen LogP contribution in [0.4, 0.5) is 0 Å².